The number of nitrogens with zero attached hydrogens (tertiary/aromatic N) is 4. The van der Waals surface area contributed by atoms with Gasteiger partial charge in [-0.05, 0) is 38.7 Å². The van der Waals surface area contributed by atoms with Crippen molar-refractivity contribution in [3.63, 3.8) is 0 Å². The Bertz CT molecular complexity index is 544. The maximum absolute atomic E-state index is 4.28. The molecule has 0 spiro atoms. The summed E-state index contributed by atoms with van der Waals surface area (Å²) in [7, 11) is 8.09. The Morgan fingerprint density at radius 3 is 1.95 bits per heavy atom. The van der Waals surface area contributed by atoms with Crippen LogP contribution in [0, 0.1) is 0 Å². The summed E-state index contributed by atoms with van der Waals surface area (Å²) in [6, 6.07) is 12.9. The smallest absolute Gasteiger partial charge is 0.150 e. The van der Waals surface area contributed by atoms with Crippen molar-refractivity contribution < 1.29 is 0 Å². The molecular weight excluding hydrogens is 248 g/mol. The van der Waals surface area contributed by atoms with Crippen LogP contribution in [0.25, 0.3) is 11.3 Å². The van der Waals surface area contributed by atoms with Crippen LogP contribution in [0.2, 0.25) is 0 Å². The van der Waals surface area contributed by atoms with E-state index in [1.165, 1.54) is 5.56 Å². The predicted octanol–water partition coefficient (Wildman–Crippen LogP) is 2.83. The van der Waals surface area contributed by atoms with Crippen molar-refractivity contribution in [2.75, 3.05) is 33.1 Å². The molecule has 0 saturated heterocycles. The van der Waals surface area contributed by atoms with Crippen LogP contribution in [0.1, 0.15) is 18.5 Å². The quantitative estimate of drug-likeness (QED) is 0.855. The molecule has 1 atom stereocenters. The molecule has 106 valence electrons. The lowest BCUT2D eigenvalue weighted by atomic mass is 10.0. The van der Waals surface area contributed by atoms with Gasteiger partial charge in [-0.15, -0.1) is 10.2 Å². The maximum Gasteiger partial charge on any atom is 0.150 e. The zero-order valence-electron chi connectivity index (χ0n) is 12.8. The Hall–Kier alpha value is -1.94. The van der Waals surface area contributed by atoms with E-state index in [1.54, 1.807) is 0 Å². The van der Waals surface area contributed by atoms with E-state index in [0.29, 0.717) is 6.04 Å². The van der Waals surface area contributed by atoms with Gasteiger partial charge in [0.15, 0.2) is 5.82 Å². The largest absolute Gasteiger partial charge is 0.361 e. The van der Waals surface area contributed by atoms with Crippen LogP contribution in [0.5, 0.6) is 0 Å². The topological polar surface area (TPSA) is 32.3 Å². The SMILES string of the molecule is CC(c1ccc(-c2ccc(N(C)C)nn2)cc1)N(C)C. The second-order valence-electron chi connectivity index (χ2n) is 5.43. The Labute approximate surface area is 121 Å². The minimum Gasteiger partial charge on any atom is -0.361 e. The normalized spacial score (nSPS) is 12.5. The van der Waals surface area contributed by atoms with Gasteiger partial charge in [-0.1, -0.05) is 24.3 Å². The van der Waals surface area contributed by atoms with Gasteiger partial charge >= 0.3 is 0 Å². The van der Waals surface area contributed by atoms with E-state index in [9.17, 15) is 0 Å². The maximum atomic E-state index is 4.28. The number of benzene rings is 1. The van der Waals surface area contributed by atoms with Crippen LogP contribution in [-0.4, -0.2) is 43.3 Å². The average molecular weight is 270 g/mol. The van der Waals surface area contributed by atoms with Gasteiger partial charge in [0.1, 0.15) is 0 Å². The monoisotopic (exact) mass is 270 g/mol. The Balaban J connectivity index is 2.21. The van der Waals surface area contributed by atoms with Crippen molar-refractivity contribution in [1.29, 1.82) is 0 Å². The van der Waals surface area contributed by atoms with Gasteiger partial charge < -0.3 is 9.80 Å². The predicted molar refractivity (Wildman–Crippen MR) is 83.9 cm³/mol. The third kappa shape index (κ3) is 3.14. The molecule has 1 aromatic heterocycles. The zero-order valence-corrected chi connectivity index (χ0v) is 12.8. The molecule has 0 amide bonds. The summed E-state index contributed by atoms with van der Waals surface area (Å²) in [5.41, 5.74) is 3.30. The van der Waals surface area contributed by atoms with Gasteiger partial charge in [0, 0.05) is 25.7 Å². The Kier molecular flexibility index (Phi) is 4.35. The molecule has 1 aromatic carbocycles. The minimum atomic E-state index is 0.409. The summed E-state index contributed by atoms with van der Waals surface area (Å²) in [6.45, 7) is 2.20. The summed E-state index contributed by atoms with van der Waals surface area (Å²) in [6.07, 6.45) is 0. The summed E-state index contributed by atoms with van der Waals surface area (Å²) in [5, 5.41) is 8.49. The molecule has 2 rings (SSSR count). The summed E-state index contributed by atoms with van der Waals surface area (Å²) >= 11 is 0. The summed E-state index contributed by atoms with van der Waals surface area (Å²) < 4.78 is 0. The first-order valence-electron chi connectivity index (χ1n) is 6.77. The number of hydrogen-bond acceptors (Lipinski definition) is 4. The first-order valence-corrected chi connectivity index (χ1v) is 6.77. The lowest BCUT2D eigenvalue weighted by molar-refractivity contribution is 0.321. The van der Waals surface area contributed by atoms with Crippen molar-refractivity contribution in [2.24, 2.45) is 0 Å². The van der Waals surface area contributed by atoms with Gasteiger partial charge in [-0.25, -0.2) is 0 Å². The summed E-state index contributed by atoms with van der Waals surface area (Å²) in [5.74, 6) is 0.867. The van der Waals surface area contributed by atoms with Crippen LogP contribution >= 0.6 is 0 Å². The molecule has 0 N–H and O–H groups in total. The number of hydrogen-bond donors (Lipinski definition) is 0. The van der Waals surface area contributed by atoms with Crippen molar-refractivity contribution in [3.8, 4) is 11.3 Å². The van der Waals surface area contributed by atoms with Crippen molar-refractivity contribution >= 4 is 5.82 Å². The second kappa shape index (κ2) is 6.01. The third-order valence-corrected chi connectivity index (χ3v) is 3.57. The Morgan fingerprint density at radius 2 is 1.50 bits per heavy atom. The van der Waals surface area contributed by atoms with Crippen LogP contribution in [0.4, 0.5) is 5.82 Å². The highest BCUT2D eigenvalue weighted by molar-refractivity contribution is 5.60. The van der Waals surface area contributed by atoms with E-state index in [1.807, 2.05) is 31.1 Å². The lowest BCUT2D eigenvalue weighted by Crippen LogP contribution is -2.16. The molecule has 0 aliphatic rings. The molecule has 0 fully saturated rings. The van der Waals surface area contributed by atoms with E-state index >= 15 is 0 Å². The first kappa shape index (κ1) is 14.5. The average Bonchev–Trinajstić information content (AvgIpc) is 2.46. The van der Waals surface area contributed by atoms with E-state index < -0.39 is 0 Å². The van der Waals surface area contributed by atoms with Gasteiger partial charge in [-0.2, -0.15) is 0 Å². The van der Waals surface area contributed by atoms with Crippen LogP contribution in [-0.2, 0) is 0 Å². The molecule has 20 heavy (non-hydrogen) atoms. The molecule has 0 saturated carbocycles. The molecule has 2 aromatic rings. The van der Waals surface area contributed by atoms with Gasteiger partial charge in [0.2, 0.25) is 0 Å². The molecule has 1 unspecified atom stereocenters. The van der Waals surface area contributed by atoms with Crippen molar-refractivity contribution in [3.05, 3.63) is 42.0 Å². The molecule has 4 heteroatoms. The number of anilines is 1. The van der Waals surface area contributed by atoms with E-state index in [0.717, 1.165) is 17.1 Å². The van der Waals surface area contributed by atoms with Gasteiger partial charge in [0.05, 0.1) is 5.69 Å². The number of aromatic nitrogens is 2. The standard InChI is InChI=1S/C16H22N4/c1-12(19(2)3)13-6-8-14(9-7-13)15-10-11-16(18-17-15)20(4)5/h6-12H,1-5H3. The van der Waals surface area contributed by atoms with Crippen LogP contribution in [0.3, 0.4) is 0 Å². The van der Waals surface area contributed by atoms with Gasteiger partial charge in [0.25, 0.3) is 0 Å². The molecular formula is C16H22N4. The molecule has 4 nitrogen and oxygen atoms in total. The first-order chi connectivity index (χ1) is 9.49. The highest BCUT2D eigenvalue weighted by Crippen LogP contribution is 2.22. The van der Waals surface area contributed by atoms with E-state index in [4.69, 9.17) is 0 Å². The van der Waals surface area contributed by atoms with Crippen molar-refractivity contribution in [1.82, 2.24) is 15.1 Å². The summed E-state index contributed by atoms with van der Waals surface area (Å²) in [4.78, 5) is 4.14. The highest BCUT2D eigenvalue weighted by atomic mass is 15.2. The molecule has 1 heterocycles. The van der Waals surface area contributed by atoms with E-state index in [-0.39, 0.29) is 0 Å². The number of rotatable bonds is 4. The van der Waals surface area contributed by atoms with Crippen molar-refractivity contribution in [2.45, 2.75) is 13.0 Å². The molecule has 0 aliphatic carbocycles. The highest BCUT2D eigenvalue weighted by Gasteiger charge is 2.08. The zero-order chi connectivity index (χ0) is 14.7. The lowest BCUT2D eigenvalue weighted by Gasteiger charge is -2.20. The van der Waals surface area contributed by atoms with Gasteiger partial charge in [-0.3, -0.25) is 0 Å². The second-order valence-corrected chi connectivity index (χ2v) is 5.43. The molecule has 0 bridgehead atoms. The van der Waals surface area contributed by atoms with Crippen LogP contribution < -0.4 is 4.90 Å². The molecule has 0 aliphatic heterocycles. The van der Waals surface area contributed by atoms with Crippen LogP contribution in [0.15, 0.2) is 36.4 Å². The fourth-order valence-electron chi connectivity index (χ4n) is 1.95. The van der Waals surface area contributed by atoms with E-state index in [2.05, 4.69) is 60.4 Å². The molecule has 0 radical (unpaired) electrons. The third-order valence-electron chi connectivity index (χ3n) is 3.57. The minimum absolute atomic E-state index is 0.409. The Morgan fingerprint density at radius 1 is 0.850 bits per heavy atom. The fourth-order valence-corrected chi connectivity index (χ4v) is 1.95. The fraction of sp³-hybridized carbons (Fsp3) is 0.375.